The highest BCUT2D eigenvalue weighted by Crippen LogP contribution is 2.33. The van der Waals surface area contributed by atoms with E-state index in [2.05, 4.69) is 20.9 Å². The number of hydrogen-bond donors (Lipinski definition) is 0. The fourth-order valence-corrected chi connectivity index (χ4v) is 3.77. The molecule has 3 aromatic rings. The van der Waals surface area contributed by atoms with E-state index in [1.807, 2.05) is 25.3 Å². The second-order valence-corrected chi connectivity index (χ2v) is 7.10. The fraction of sp³-hybridized carbons (Fsp3) is 0.364. The van der Waals surface area contributed by atoms with Crippen LogP contribution < -0.4 is 4.74 Å². The van der Waals surface area contributed by atoms with Crippen molar-refractivity contribution in [3.8, 4) is 17.2 Å². The molecular weight excluding hydrogens is 357 g/mol. The molecule has 0 N–H and O–H groups in total. The van der Waals surface area contributed by atoms with E-state index in [0.717, 1.165) is 36.5 Å². The van der Waals surface area contributed by atoms with E-state index in [1.165, 1.54) is 19.6 Å². The Bertz CT molecular complexity index is 942. The first-order chi connectivity index (χ1) is 13.7. The van der Waals surface area contributed by atoms with E-state index < -0.39 is 5.82 Å². The van der Waals surface area contributed by atoms with E-state index in [4.69, 9.17) is 9.15 Å². The molecule has 0 spiro atoms. The first-order valence-corrected chi connectivity index (χ1v) is 9.61. The van der Waals surface area contributed by atoms with Gasteiger partial charge >= 0.3 is 0 Å². The number of nitrogens with zero attached hydrogens (tertiary/aromatic N) is 3. The monoisotopic (exact) mass is 381 g/mol. The molecule has 5 nitrogen and oxygen atoms in total. The van der Waals surface area contributed by atoms with Crippen molar-refractivity contribution in [2.45, 2.75) is 38.8 Å². The minimum Gasteiger partial charge on any atom is -0.497 e. The number of halogens is 1. The van der Waals surface area contributed by atoms with Gasteiger partial charge in [-0.2, -0.15) is 0 Å². The first-order valence-electron chi connectivity index (χ1n) is 9.61. The second-order valence-electron chi connectivity index (χ2n) is 7.10. The van der Waals surface area contributed by atoms with Gasteiger partial charge in [0.2, 0.25) is 5.89 Å². The van der Waals surface area contributed by atoms with Gasteiger partial charge in [0.1, 0.15) is 17.3 Å². The normalized spacial score (nSPS) is 17.6. The third-order valence-electron chi connectivity index (χ3n) is 5.30. The molecule has 0 aliphatic carbocycles. The maximum atomic E-state index is 14.4. The summed E-state index contributed by atoms with van der Waals surface area (Å²) >= 11 is 0. The van der Waals surface area contributed by atoms with E-state index in [1.54, 1.807) is 12.1 Å². The van der Waals surface area contributed by atoms with Crippen LogP contribution >= 0.6 is 0 Å². The number of likely N-dealkylation sites (tertiary alicyclic amines) is 1. The molecule has 6 heteroatoms. The van der Waals surface area contributed by atoms with Gasteiger partial charge in [-0.3, -0.25) is 9.88 Å². The van der Waals surface area contributed by atoms with Gasteiger partial charge in [0.05, 0.1) is 30.1 Å². The Balaban J connectivity index is 1.58. The van der Waals surface area contributed by atoms with Crippen LogP contribution in [0.3, 0.4) is 0 Å². The minimum absolute atomic E-state index is 0.271. The van der Waals surface area contributed by atoms with Crippen LogP contribution in [0.4, 0.5) is 4.39 Å². The smallest absolute Gasteiger partial charge is 0.229 e. The topological polar surface area (TPSA) is 51.4 Å². The highest BCUT2D eigenvalue weighted by Gasteiger charge is 2.27. The lowest BCUT2D eigenvalue weighted by molar-refractivity contribution is 0.135. The summed E-state index contributed by atoms with van der Waals surface area (Å²) in [6.07, 6.45) is 5.26. The number of benzene rings is 1. The van der Waals surface area contributed by atoms with Crippen LogP contribution in [0.25, 0.3) is 11.5 Å². The number of ether oxygens (including phenoxy) is 1. The average molecular weight is 381 g/mol. The summed E-state index contributed by atoms with van der Waals surface area (Å²) in [4.78, 5) is 11.6. The number of aromatic nitrogens is 2. The molecule has 1 atom stereocenters. The summed E-state index contributed by atoms with van der Waals surface area (Å²) in [5.74, 6) is 1.09. The average Bonchev–Trinajstić information content (AvgIpc) is 3.09. The highest BCUT2D eigenvalue weighted by atomic mass is 19.1. The van der Waals surface area contributed by atoms with Gasteiger partial charge < -0.3 is 9.15 Å². The van der Waals surface area contributed by atoms with Crippen molar-refractivity contribution in [2.75, 3.05) is 13.7 Å². The molecule has 0 bridgehead atoms. The van der Waals surface area contributed by atoms with Gasteiger partial charge in [-0.15, -0.1) is 0 Å². The molecule has 146 valence electrons. The number of rotatable bonds is 5. The highest BCUT2D eigenvalue weighted by molar-refractivity contribution is 5.56. The van der Waals surface area contributed by atoms with Crippen molar-refractivity contribution < 1.29 is 13.5 Å². The lowest BCUT2D eigenvalue weighted by Crippen LogP contribution is -2.33. The molecule has 1 unspecified atom stereocenters. The number of piperidine rings is 1. The van der Waals surface area contributed by atoms with E-state index in [-0.39, 0.29) is 6.04 Å². The molecule has 0 radical (unpaired) electrons. The van der Waals surface area contributed by atoms with Crippen LogP contribution in [0.2, 0.25) is 0 Å². The maximum absolute atomic E-state index is 14.4. The third kappa shape index (κ3) is 3.78. The molecule has 3 heterocycles. The molecule has 1 aliphatic rings. The molecule has 0 saturated carbocycles. The summed E-state index contributed by atoms with van der Waals surface area (Å²) in [6.45, 7) is 3.53. The first kappa shape index (κ1) is 18.6. The predicted octanol–water partition coefficient (Wildman–Crippen LogP) is 4.92. The summed E-state index contributed by atoms with van der Waals surface area (Å²) in [5.41, 5.74) is 2.27. The number of methoxy groups -OCH3 is 1. The van der Waals surface area contributed by atoms with Crippen molar-refractivity contribution in [2.24, 2.45) is 0 Å². The molecule has 1 aromatic carbocycles. The fourth-order valence-electron chi connectivity index (χ4n) is 3.77. The lowest BCUT2D eigenvalue weighted by Gasteiger charge is -2.34. The van der Waals surface area contributed by atoms with Crippen molar-refractivity contribution in [3.05, 3.63) is 65.6 Å². The summed E-state index contributed by atoms with van der Waals surface area (Å²) in [5, 5.41) is 0. The molecule has 0 amide bonds. The molecule has 28 heavy (non-hydrogen) atoms. The van der Waals surface area contributed by atoms with Crippen LogP contribution in [-0.4, -0.2) is 28.5 Å². The third-order valence-corrected chi connectivity index (χ3v) is 5.30. The molecular formula is C22H24FN3O2. The van der Waals surface area contributed by atoms with Crippen molar-refractivity contribution >= 4 is 0 Å². The van der Waals surface area contributed by atoms with Crippen molar-refractivity contribution in [1.29, 1.82) is 0 Å². The van der Waals surface area contributed by atoms with Gasteiger partial charge in [0, 0.05) is 18.8 Å². The number of pyridine rings is 1. The second kappa shape index (κ2) is 8.10. The number of hydrogen-bond acceptors (Lipinski definition) is 5. The number of oxazole rings is 1. The van der Waals surface area contributed by atoms with Crippen LogP contribution in [-0.2, 0) is 6.54 Å². The largest absolute Gasteiger partial charge is 0.497 e. The SMILES string of the molecule is COc1ccc(-c2nc(CN3CCCCC3c3ccccn3)c(C)o2)c(F)c1. The standard InChI is InChI=1S/C22H24FN3O2/c1-15-20(25-22(28-15)17-10-9-16(27-2)13-18(17)23)14-26-12-6-4-8-21(26)19-7-3-5-11-24-19/h3,5,7,9-11,13,21H,4,6,8,12,14H2,1-2H3. The molecule has 4 rings (SSSR count). The number of aryl methyl sites for hydroxylation is 1. The summed E-state index contributed by atoms with van der Waals surface area (Å²) in [7, 11) is 1.51. The lowest BCUT2D eigenvalue weighted by atomic mass is 9.98. The Kier molecular flexibility index (Phi) is 5.39. The summed E-state index contributed by atoms with van der Waals surface area (Å²) < 4.78 is 25.3. The Morgan fingerprint density at radius 2 is 2.14 bits per heavy atom. The van der Waals surface area contributed by atoms with Crippen LogP contribution in [0, 0.1) is 12.7 Å². The van der Waals surface area contributed by atoms with Gasteiger partial charge in [0.15, 0.2) is 0 Å². The Morgan fingerprint density at radius 3 is 2.89 bits per heavy atom. The quantitative estimate of drug-likeness (QED) is 0.628. The van der Waals surface area contributed by atoms with E-state index in [0.29, 0.717) is 23.7 Å². The molecule has 1 fully saturated rings. The Hall–Kier alpha value is -2.73. The Morgan fingerprint density at radius 1 is 1.25 bits per heavy atom. The maximum Gasteiger partial charge on any atom is 0.229 e. The van der Waals surface area contributed by atoms with E-state index in [9.17, 15) is 4.39 Å². The van der Waals surface area contributed by atoms with Crippen LogP contribution in [0.1, 0.15) is 42.5 Å². The van der Waals surface area contributed by atoms with Gasteiger partial charge in [-0.05, 0) is 50.6 Å². The predicted molar refractivity (Wildman–Crippen MR) is 104 cm³/mol. The van der Waals surface area contributed by atoms with Crippen molar-refractivity contribution in [1.82, 2.24) is 14.9 Å². The molecule has 1 aliphatic heterocycles. The van der Waals surface area contributed by atoms with Gasteiger partial charge in [-0.25, -0.2) is 9.37 Å². The van der Waals surface area contributed by atoms with Crippen molar-refractivity contribution in [3.63, 3.8) is 0 Å². The van der Waals surface area contributed by atoms with Crippen LogP contribution in [0.15, 0.2) is 47.0 Å². The zero-order valence-corrected chi connectivity index (χ0v) is 16.2. The van der Waals surface area contributed by atoms with Crippen LogP contribution in [0.5, 0.6) is 5.75 Å². The zero-order valence-electron chi connectivity index (χ0n) is 16.2. The Labute approximate surface area is 164 Å². The molecule has 2 aromatic heterocycles. The van der Waals surface area contributed by atoms with E-state index >= 15 is 0 Å². The molecule has 1 saturated heterocycles. The minimum atomic E-state index is -0.406. The van der Waals surface area contributed by atoms with Gasteiger partial charge in [-0.1, -0.05) is 12.5 Å². The zero-order chi connectivity index (χ0) is 19.5. The summed E-state index contributed by atoms with van der Waals surface area (Å²) in [6, 6.07) is 11.0. The van der Waals surface area contributed by atoms with Gasteiger partial charge in [0.25, 0.3) is 0 Å².